The minimum Gasteiger partial charge on any atom is -0.464 e. The van der Waals surface area contributed by atoms with Gasteiger partial charge in [-0.2, -0.15) is 0 Å². The minimum absolute atomic E-state index is 0.116. The van der Waals surface area contributed by atoms with Gasteiger partial charge in [-0.15, -0.1) is 0 Å². The molecule has 1 heterocycles. The van der Waals surface area contributed by atoms with E-state index in [1.54, 1.807) is 18.4 Å². The fourth-order valence-electron chi connectivity index (χ4n) is 4.14. The molecular weight excluding hydrogens is 341 g/mol. The van der Waals surface area contributed by atoms with Crippen molar-refractivity contribution < 1.29 is 13.6 Å². The Morgan fingerprint density at radius 1 is 1.11 bits per heavy atom. The van der Waals surface area contributed by atoms with Crippen molar-refractivity contribution in [2.45, 2.75) is 51.1 Å². The van der Waals surface area contributed by atoms with E-state index in [1.807, 2.05) is 4.90 Å². The summed E-state index contributed by atoms with van der Waals surface area (Å²) in [5.41, 5.74) is 5.59. The first kappa shape index (κ1) is 16.5. The van der Waals surface area contributed by atoms with Crippen LogP contribution in [0.1, 0.15) is 41.5 Å². The standard InChI is InChI=1S/C23H22FNO2/c24-19-6-4-15(5-7-19)13-25(20-8-9-20)23(26)12-18-14-27-22-11-17-3-1-2-16(17)10-21(18)22/h4-7,10-11,14,20H,1-3,8-9,12-13H2. The Morgan fingerprint density at radius 3 is 2.59 bits per heavy atom. The maximum atomic E-state index is 13.2. The van der Waals surface area contributed by atoms with Crippen LogP contribution < -0.4 is 0 Å². The van der Waals surface area contributed by atoms with Gasteiger partial charge in [-0.3, -0.25) is 4.79 Å². The van der Waals surface area contributed by atoms with Crippen LogP contribution >= 0.6 is 0 Å². The number of amides is 1. The van der Waals surface area contributed by atoms with Crippen molar-refractivity contribution in [3.63, 3.8) is 0 Å². The van der Waals surface area contributed by atoms with Crippen LogP contribution in [0.5, 0.6) is 0 Å². The lowest BCUT2D eigenvalue weighted by Crippen LogP contribution is -2.33. The lowest BCUT2D eigenvalue weighted by molar-refractivity contribution is -0.131. The van der Waals surface area contributed by atoms with E-state index >= 15 is 0 Å². The molecule has 4 heteroatoms. The van der Waals surface area contributed by atoms with Crippen LogP contribution in [-0.4, -0.2) is 16.8 Å². The molecule has 0 spiro atoms. The highest BCUT2D eigenvalue weighted by Crippen LogP contribution is 2.32. The Balaban J connectivity index is 1.38. The first-order valence-electron chi connectivity index (χ1n) is 9.73. The predicted molar refractivity (Wildman–Crippen MR) is 102 cm³/mol. The van der Waals surface area contributed by atoms with E-state index in [0.29, 0.717) is 19.0 Å². The molecule has 1 saturated carbocycles. The van der Waals surface area contributed by atoms with Crippen molar-refractivity contribution in [1.29, 1.82) is 0 Å². The molecule has 2 aliphatic rings. The Bertz CT molecular complexity index is 1000. The van der Waals surface area contributed by atoms with Gasteiger partial charge in [0.1, 0.15) is 11.4 Å². The minimum atomic E-state index is -0.250. The second kappa shape index (κ2) is 6.52. The van der Waals surface area contributed by atoms with Gasteiger partial charge < -0.3 is 9.32 Å². The Hall–Kier alpha value is -2.62. The molecule has 2 aromatic carbocycles. The van der Waals surface area contributed by atoms with Gasteiger partial charge in [0.2, 0.25) is 5.91 Å². The topological polar surface area (TPSA) is 33.5 Å². The molecule has 5 rings (SSSR count). The van der Waals surface area contributed by atoms with Crippen molar-refractivity contribution in [2.75, 3.05) is 0 Å². The summed E-state index contributed by atoms with van der Waals surface area (Å²) >= 11 is 0. The van der Waals surface area contributed by atoms with E-state index in [-0.39, 0.29) is 11.7 Å². The maximum absolute atomic E-state index is 13.2. The molecule has 0 N–H and O–H groups in total. The summed E-state index contributed by atoms with van der Waals surface area (Å²) in [7, 11) is 0. The molecular formula is C23H22FNO2. The van der Waals surface area contributed by atoms with E-state index < -0.39 is 0 Å². The van der Waals surface area contributed by atoms with Crippen LogP contribution in [0.15, 0.2) is 47.1 Å². The number of hydrogen-bond acceptors (Lipinski definition) is 2. The van der Waals surface area contributed by atoms with Gasteiger partial charge in [0.15, 0.2) is 0 Å². The molecule has 2 aliphatic carbocycles. The largest absolute Gasteiger partial charge is 0.464 e. The normalized spacial score (nSPS) is 15.9. The average Bonchev–Trinajstić information content (AvgIpc) is 3.29. The number of carbonyl (C=O) groups is 1. The van der Waals surface area contributed by atoms with E-state index in [4.69, 9.17) is 4.42 Å². The molecule has 0 unspecified atom stereocenters. The molecule has 0 aliphatic heterocycles. The van der Waals surface area contributed by atoms with Gasteiger partial charge in [0, 0.05) is 23.5 Å². The number of benzene rings is 2. The maximum Gasteiger partial charge on any atom is 0.227 e. The molecule has 1 fully saturated rings. The first-order chi connectivity index (χ1) is 13.2. The Morgan fingerprint density at radius 2 is 1.85 bits per heavy atom. The fraction of sp³-hybridized carbons (Fsp3) is 0.348. The zero-order valence-electron chi connectivity index (χ0n) is 15.2. The first-order valence-corrected chi connectivity index (χ1v) is 9.73. The second-order valence-electron chi connectivity index (χ2n) is 7.79. The van der Waals surface area contributed by atoms with Crippen molar-refractivity contribution in [3.8, 4) is 0 Å². The lowest BCUT2D eigenvalue weighted by atomic mass is 10.0. The van der Waals surface area contributed by atoms with Crippen LogP contribution in [0, 0.1) is 5.82 Å². The van der Waals surface area contributed by atoms with Crippen molar-refractivity contribution in [3.05, 3.63) is 70.7 Å². The number of hydrogen-bond donors (Lipinski definition) is 0. The zero-order valence-corrected chi connectivity index (χ0v) is 15.2. The Kier molecular flexibility index (Phi) is 4.00. The van der Waals surface area contributed by atoms with Gasteiger partial charge in [0.25, 0.3) is 0 Å². The summed E-state index contributed by atoms with van der Waals surface area (Å²) in [4.78, 5) is 15.0. The van der Waals surface area contributed by atoms with Crippen molar-refractivity contribution in [2.24, 2.45) is 0 Å². The number of nitrogens with zero attached hydrogens (tertiary/aromatic N) is 1. The van der Waals surface area contributed by atoms with Crippen molar-refractivity contribution >= 4 is 16.9 Å². The number of carbonyl (C=O) groups excluding carboxylic acids is 1. The fourth-order valence-corrected chi connectivity index (χ4v) is 4.14. The van der Waals surface area contributed by atoms with E-state index in [9.17, 15) is 9.18 Å². The van der Waals surface area contributed by atoms with Crippen LogP contribution in [0.3, 0.4) is 0 Å². The van der Waals surface area contributed by atoms with Gasteiger partial charge in [-0.1, -0.05) is 12.1 Å². The summed E-state index contributed by atoms with van der Waals surface area (Å²) in [6.07, 6.45) is 7.61. The van der Waals surface area contributed by atoms with Crippen LogP contribution in [0.4, 0.5) is 4.39 Å². The summed E-state index contributed by atoms with van der Waals surface area (Å²) in [5.74, 6) is -0.134. The molecule has 0 bridgehead atoms. The summed E-state index contributed by atoms with van der Waals surface area (Å²) in [6, 6.07) is 11.1. The summed E-state index contributed by atoms with van der Waals surface area (Å²) < 4.78 is 18.9. The highest BCUT2D eigenvalue weighted by Gasteiger charge is 2.33. The van der Waals surface area contributed by atoms with Gasteiger partial charge in [0.05, 0.1) is 12.7 Å². The molecule has 138 valence electrons. The summed E-state index contributed by atoms with van der Waals surface area (Å²) in [6.45, 7) is 0.537. The number of aryl methyl sites for hydroxylation is 2. The smallest absolute Gasteiger partial charge is 0.227 e. The predicted octanol–water partition coefficient (Wildman–Crippen LogP) is 4.79. The third-order valence-corrected chi connectivity index (χ3v) is 5.78. The number of furan rings is 1. The van der Waals surface area contributed by atoms with Crippen LogP contribution in [-0.2, 0) is 30.6 Å². The summed E-state index contributed by atoms with van der Waals surface area (Å²) in [5, 5.41) is 1.07. The van der Waals surface area contributed by atoms with E-state index in [2.05, 4.69) is 12.1 Å². The van der Waals surface area contributed by atoms with Gasteiger partial charge in [-0.25, -0.2) is 4.39 Å². The third-order valence-electron chi connectivity index (χ3n) is 5.78. The monoisotopic (exact) mass is 363 g/mol. The molecule has 3 aromatic rings. The second-order valence-corrected chi connectivity index (χ2v) is 7.79. The van der Waals surface area contributed by atoms with E-state index in [1.165, 1.54) is 29.7 Å². The number of halogens is 1. The highest BCUT2D eigenvalue weighted by molar-refractivity contribution is 5.89. The molecule has 1 aromatic heterocycles. The third kappa shape index (κ3) is 3.25. The lowest BCUT2D eigenvalue weighted by Gasteiger charge is -2.22. The van der Waals surface area contributed by atoms with Crippen LogP contribution in [0.25, 0.3) is 11.0 Å². The molecule has 0 atom stereocenters. The van der Waals surface area contributed by atoms with Crippen LogP contribution in [0.2, 0.25) is 0 Å². The van der Waals surface area contributed by atoms with Gasteiger partial charge >= 0.3 is 0 Å². The average molecular weight is 363 g/mol. The zero-order chi connectivity index (χ0) is 18.4. The molecule has 0 saturated heterocycles. The molecule has 27 heavy (non-hydrogen) atoms. The molecule has 0 radical (unpaired) electrons. The van der Waals surface area contributed by atoms with E-state index in [0.717, 1.165) is 47.8 Å². The Labute approximate surface area is 157 Å². The quantitative estimate of drug-likeness (QED) is 0.653. The molecule has 3 nitrogen and oxygen atoms in total. The highest BCUT2D eigenvalue weighted by atomic mass is 19.1. The van der Waals surface area contributed by atoms with Crippen molar-refractivity contribution in [1.82, 2.24) is 4.90 Å². The number of rotatable bonds is 5. The molecule has 1 amide bonds. The van der Waals surface area contributed by atoms with Gasteiger partial charge in [-0.05, 0) is 73.1 Å². The number of fused-ring (bicyclic) bond motifs is 2. The SMILES string of the molecule is O=C(Cc1coc2cc3c(cc12)CCC3)N(Cc1ccc(F)cc1)C1CC1.